The molecule has 3 atom stereocenters. The minimum Gasteiger partial charge on any atom is -0.379 e. The Hall–Kier alpha value is -0.610. The number of rotatable bonds is 7. The average Bonchev–Trinajstić information content (AvgIpc) is 2.73. The zero-order valence-electron chi connectivity index (χ0n) is 11.3. The molecule has 0 aromatic carbocycles. The Morgan fingerprint density at radius 3 is 2.88 bits per heavy atom. The molecular weight excluding hydrogens is 216 g/mol. The van der Waals surface area contributed by atoms with Gasteiger partial charge in [0.2, 0.25) is 5.91 Å². The van der Waals surface area contributed by atoms with E-state index in [9.17, 15) is 4.79 Å². The zero-order chi connectivity index (χ0) is 12.9. The molecule has 4 heteroatoms. The number of primary amides is 1. The normalized spacial score (nSPS) is 30.4. The van der Waals surface area contributed by atoms with Crippen LogP contribution in [0.2, 0.25) is 0 Å². The van der Waals surface area contributed by atoms with Gasteiger partial charge in [0.1, 0.15) is 5.54 Å². The molecule has 0 aliphatic heterocycles. The molecule has 0 spiro atoms. The van der Waals surface area contributed by atoms with Crippen LogP contribution < -0.4 is 11.1 Å². The Kier molecular flexibility index (Phi) is 5.40. The third-order valence-corrected chi connectivity index (χ3v) is 4.15. The molecule has 0 radical (unpaired) electrons. The maximum absolute atomic E-state index is 11.6. The third kappa shape index (κ3) is 3.19. The maximum Gasteiger partial charge on any atom is 0.238 e. The van der Waals surface area contributed by atoms with Gasteiger partial charge in [-0.3, -0.25) is 4.79 Å². The minimum absolute atomic E-state index is 0.217. The van der Waals surface area contributed by atoms with Crippen molar-refractivity contribution in [2.24, 2.45) is 11.7 Å². The van der Waals surface area contributed by atoms with Gasteiger partial charge in [0.05, 0.1) is 6.10 Å². The molecule has 1 rings (SSSR count). The number of likely N-dealkylation sites (N-methyl/N-ethyl adjacent to an activating group) is 1. The van der Waals surface area contributed by atoms with Crippen LogP contribution in [0.4, 0.5) is 0 Å². The van der Waals surface area contributed by atoms with E-state index in [0.717, 1.165) is 38.7 Å². The maximum atomic E-state index is 11.6. The lowest BCUT2D eigenvalue weighted by Gasteiger charge is -2.32. The fourth-order valence-electron chi connectivity index (χ4n) is 2.77. The first-order valence-electron chi connectivity index (χ1n) is 6.67. The van der Waals surface area contributed by atoms with E-state index < -0.39 is 5.54 Å². The number of carbonyl (C=O) groups excluding carboxylic acids is 1. The van der Waals surface area contributed by atoms with Gasteiger partial charge in [-0.25, -0.2) is 0 Å². The van der Waals surface area contributed by atoms with Crippen molar-refractivity contribution in [3.8, 4) is 0 Å². The third-order valence-electron chi connectivity index (χ3n) is 4.15. The number of nitrogens with one attached hydrogen (secondary N) is 1. The summed E-state index contributed by atoms with van der Waals surface area (Å²) in [5.41, 5.74) is 5.05. The van der Waals surface area contributed by atoms with Gasteiger partial charge in [-0.05, 0) is 45.6 Å². The van der Waals surface area contributed by atoms with Crippen molar-refractivity contribution < 1.29 is 9.53 Å². The highest BCUT2D eigenvalue weighted by Gasteiger charge is 2.46. The summed E-state index contributed by atoms with van der Waals surface area (Å²) >= 11 is 0. The van der Waals surface area contributed by atoms with E-state index >= 15 is 0 Å². The molecule has 1 aliphatic carbocycles. The van der Waals surface area contributed by atoms with Crippen LogP contribution in [0.25, 0.3) is 0 Å². The predicted octanol–water partition coefficient (Wildman–Crippen LogP) is 1.44. The van der Waals surface area contributed by atoms with Gasteiger partial charge >= 0.3 is 0 Å². The Morgan fingerprint density at radius 1 is 1.65 bits per heavy atom. The first-order valence-corrected chi connectivity index (χ1v) is 6.67. The number of ether oxygens (including phenoxy) is 1. The van der Waals surface area contributed by atoms with Crippen LogP contribution >= 0.6 is 0 Å². The van der Waals surface area contributed by atoms with Crippen molar-refractivity contribution in [3.63, 3.8) is 0 Å². The molecule has 0 bridgehead atoms. The SMILES string of the molecule is CCC(C)OCCC1CCCC1(NC)C(N)=O. The Balaban J connectivity index is 2.49. The molecule has 4 nitrogen and oxygen atoms in total. The van der Waals surface area contributed by atoms with Crippen LogP contribution in [0.3, 0.4) is 0 Å². The monoisotopic (exact) mass is 242 g/mol. The van der Waals surface area contributed by atoms with Crippen molar-refractivity contribution in [2.45, 2.75) is 57.6 Å². The summed E-state index contributed by atoms with van der Waals surface area (Å²) < 4.78 is 5.69. The van der Waals surface area contributed by atoms with Gasteiger partial charge in [-0.2, -0.15) is 0 Å². The van der Waals surface area contributed by atoms with Crippen LogP contribution in [0.15, 0.2) is 0 Å². The predicted molar refractivity (Wildman–Crippen MR) is 68.6 cm³/mol. The molecule has 0 aromatic rings. The molecular formula is C13H26N2O2. The number of hydrogen-bond donors (Lipinski definition) is 2. The zero-order valence-corrected chi connectivity index (χ0v) is 11.3. The summed E-state index contributed by atoms with van der Waals surface area (Å²) in [4.78, 5) is 11.6. The van der Waals surface area contributed by atoms with Crippen LogP contribution in [0.5, 0.6) is 0 Å². The molecule has 0 aromatic heterocycles. The standard InChI is InChI=1S/C13H26N2O2/c1-4-10(2)17-9-7-11-6-5-8-13(11,15-3)12(14)16/h10-11,15H,4-9H2,1-3H3,(H2,14,16). The summed E-state index contributed by atoms with van der Waals surface area (Å²) in [6, 6.07) is 0. The van der Waals surface area contributed by atoms with E-state index in [1.807, 2.05) is 7.05 Å². The van der Waals surface area contributed by atoms with E-state index in [1.165, 1.54) is 0 Å². The topological polar surface area (TPSA) is 64.3 Å². The second kappa shape index (κ2) is 6.36. The van der Waals surface area contributed by atoms with Crippen molar-refractivity contribution >= 4 is 5.91 Å². The smallest absolute Gasteiger partial charge is 0.238 e. The molecule has 1 saturated carbocycles. The molecule has 100 valence electrons. The number of amides is 1. The molecule has 1 fully saturated rings. The van der Waals surface area contributed by atoms with Gasteiger partial charge in [-0.15, -0.1) is 0 Å². The number of carbonyl (C=O) groups is 1. The van der Waals surface area contributed by atoms with Crippen molar-refractivity contribution in [3.05, 3.63) is 0 Å². The van der Waals surface area contributed by atoms with Crippen molar-refractivity contribution in [2.75, 3.05) is 13.7 Å². The fraction of sp³-hybridized carbons (Fsp3) is 0.923. The number of hydrogen-bond acceptors (Lipinski definition) is 3. The van der Waals surface area contributed by atoms with E-state index in [-0.39, 0.29) is 5.91 Å². The Bertz CT molecular complexity index is 258. The minimum atomic E-state index is -0.501. The summed E-state index contributed by atoms with van der Waals surface area (Å²) in [5, 5.41) is 3.15. The summed E-state index contributed by atoms with van der Waals surface area (Å²) in [6.45, 7) is 4.91. The van der Waals surface area contributed by atoms with E-state index in [4.69, 9.17) is 10.5 Å². The van der Waals surface area contributed by atoms with Gasteiger partial charge in [0.25, 0.3) is 0 Å². The second-order valence-corrected chi connectivity index (χ2v) is 5.05. The molecule has 0 saturated heterocycles. The molecule has 1 aliphatic rings. The highest BCUT2D eigenvalue weighted by molar-refractivity contribution is 5.85. The summed E-state index contributed by atoms with van der Waals surface area (Å²) in [5.74, 6) is 0.0973. The van der Waals surface area contributed by atoms with Crippen molar-refractivity contribution in [1.29, 1.82) is 0 Å². The van der Waals surface area contributed by atoms with Gasteiger partial charge in [0, 0.05) is 6.61 Å². The van der Waals surface area contributed by atoms with E-state index in [1.54, 1.807) is 0 Å². The molecule has 3 unspecified atom stereocenters. The highest BCUT2D eigenvalue weighted by atomic mass is 16.5. The summed E-state index contributed by atoms with van der Waals surface area (Å²) in [7, 11) is 1.83. The van der Waals surface area contributed by atoms with E-state index in [2.05, 4.69) is 19.2 Å². The fourth-order valence-corrected chi connectivity index (χ4v) is 2.77. The second-order valence-electron chi connectivity index (χ2n) is 5.05. The van der Waals surface area contributed by atoms with Crippen molar-refractivity contribution in [1.82, 2.24) is 5.32 Å². The van der Waals surface area contributed by atoms with Crippen LogP contribution in [-0.4, -0.2) is 31.2 Å². The van der Waals surface area contributed by atoms with Crippen LogP contribution in [-0.2, 0) is 9.53 Å². The molecule has 1 amide bonds. The quantitative estimate of drug-likeness (QED) is 0.710. The lowest BCUT2D eigenvalue weighted by Crippen LogP contribution is -2.56. The molecule has 0 heterocycles. The lowest BCUT2D eigenvalue weighted by molar-refractivity contribution is -0.126. The van der Waals surface area contributed by atoms with Crippen LogP contribution in [0.1, 0.15) is 46.0 Å². The molecule has 17 heavy (non-hydrogen) atoms. The highest BCUT2D eigenvalue weighted by Crippen LogP contribution is 2.37. The molecule has 3 N–H and O–H groups in total. The Labute approximate surface area is 104 Å². The number of nitrogens with two attached hydrogens (primary N) is 1. The Morgan fingerprint density at radius 2 is 2.35 bits per heavy atom. The largest absolute Gasteiger partial charge is 0.379 e. The first kappa shape index (κ1) is 14.5. The lowest BCUT2D eigenvalue weighted by atomic mass is 9.84. The average molecular weight is 242 g/mol. The van der Waals surface area contributed by atoms with Gasteiger partial charge in [0.15, 0.2) is 0 Å². The van der Waals surface area contributed by atoms with Crippen LogP contribution in [0, 0.1) is 5.92 Å². The van der Waals surface area contributed by atoms with Gasteiger partial charge in [-0.1, -0.05) is 13.3 Å². The summed E-state index contributed by atoms with van der Waals surface area (Å²) in [6.07, 6.45) is 5.22. The van der Waals surface area contributed by atoms with Gasteiger partial charge < -0.3 is 15.8 Å². The van der Waals surface area contributed by atoms with E-state index in [0.29, 0.717) is 12.0 Å². The first-order chi connectivity index (χ1) is 8.06.